The Balaban J connectivity index is 3.00. The fourth-order valence-electron chi connectivity index (χ4n) is 0.976. The van der Waals surface area contributed by atoms with Gasteiger partial charge in [0.15, 0.2) is 0 Å². The van der Waals surface area contributed by atoms with E-state index in [9.17, 15) is 0 Å². The standard InChI is InChI=1S/C10H10Cl2/c1-8-9(5-3-7-11)4-2-6-10(8)12/h2-6H,7H2,1H3. The predicted octanol–water partition coefficient (Wildman–Crippen LogP) is 3.90. The van der Waals surface area contributed by atoms with Crippen molar-refractivity contribution < 1.29 is 0 Å². The molecule has 0 saturated heterocycles. The van der Waals surface area contributed by atoms with Gasteiger partial charge in [-0.1, -0.05) is 35.9 Å². The fourth-order valence-corrected chi connectivity index (χ4v) is 1.25. The second kappa shape index (κ2) is 4.54. The van der Waals surface area contributed by atoms with E-state index in [1.165, 1.54) is 0 Å². The molecule has 0 spiro atoms. The SMILES string of the molecule is Cc1c(Cl)cccc1C=CCCl. The van der Waals surface area contributed by atoms with E-state index in [0.29, 0.717) is 5.88 Å². The minimum absolute atomic E-state index is 0.534. The average Bonchev–Trinajstić information content (AvgIpc) is 2.08. The fraction of sp³-hybridized carbons (Fsp3) is 0.200. The van der Waals surface area contributed by atoms with Crippen molar-refractivity contribution in [2.45, 2.75) is 6.92 Å². The number of hydrogen-bond acceptors (Lipinski definition) is 0. The molecule has 0 radical (unpaired) electrons. The summed E-state index contributed by atoms with van der Waals surface area (Å²) < 4.78 is 0. The third kappa shape index (κ3) is 2.26. The Labute approximate surface area is 82.8 Å². The number of benzene rings is 1. The second-order valence-corrected chi connectivity index (χ2v) is 3.23. The van der Waals surface area contributed by atoms with Gasteiger partial charge >= 0.3 is 0 Å². The molecule has 64 valence electrons. The summed E-state index contributed by atoms with van der Waals surface area (Å²) in [5.74, 6) is 0.534. The minimum atomic E-state index is 0.534. The molecule has 0 nitrogen and oxygen atoms in total. The minimum Gasteiger partial charge on any atom is -0.122 e. The van der Waals surface area contributed by atoms with Crippen molar-refractivity contribution in [3.63, 3.8) is 0 Å². The lowest BCUT2D eigenvalue weighted by molar-refractivity contribution is 1.44. The summed E-state index contributed by atoms with van der Waals surface area (Å²) in [4.78, 5) is 0. The highest BCUT2D eigenvalue weighted by molar-refractivity contribution is 6.31. The molecule has 12 heavy (non-hydrogen) atoms. The van der Waals surface area contributed by atoms with Crippen molar-refractivity contribution in [1.82, 2.24) is 0 Å². The van der Waals surface area contributed by atoms with Crippen molar-refractivity contribution in [2.75, 3.05) is 5.88 Å². The van der Waals surface area contributed by atoms with Gasteiger partial charge in [0.25, 0.3) is 0 Å². The Morgan fingerprint density at radius 3 is 2.83 bits per heavy atom. The summed E-state index contributed by atoms with van der Waals surface area (Å²) in [6, 6.07) is 5.84. The monoisotopic (exact) mass is 200 g/mol. The summed E-state index contributed by atoms with van der Waals surface area (Å²) >= 11 is 11.4. The van der Waals surface area contributed by atoms with E-state index >= 15 is 0 Å². The molecule has 0 aromatic heterocycles. The number of rotatable bonds is 2. The molecular formula is C10H10Cl2. The molecule has 0 saturated carbocycles. The normalized spacial score (nSPS) is 10.9. The molecule has 2 heteroatoms. The summed E-state index contributed by atoms with van der Waals surface area (Å²) in [6.07, 6.45) is 3.88. The van der Waals surface area contributed by atoms with Crippen molar-refractivity contribution in [3.8, 4) is 0 Å². The Kier molecular flexibility index (Phi) is 3.64. The van der Waals surface area contributed by atoms with Gasteiger partial charge in [0.1, 0.15) is 0 Å². The van der Waals surface area contributed by atoms with Crippen LogP contribution in [0, 0.1) is 6.92 Å². The lowest BCUT2D eigenvalue weighted by atomic mass is 10.1. The summed E-state index contributed by atoms with van der Waals surface area (Å²) in [5.41, 5.74) is 2.23. The maximum Gasteiger partial charge on any atom is 0.0441 e. The Morgan fingerprint density at radius 1 is 1.42 bits per heavy atom. The number of alkyl halides is 1. The molecule has 0 aliphatic rings. The third-order valence-electron chi connectivity index (χ3n) is 1.70. The number of allylic oxidation sites excluding steroid dienone is 1. The molecule has 1 rings (SSSR count). The first-order valence-corrected chi connectivity index (χ1v) is 4.64. The quantitative estimate of drug-likeness (QED) is 0.636. The van der Waals surface area contributed by atoms with E-state index in [4.69, 9.17) is 23.2 Å². The highest BCUT2D eigenvalue weighted by Crippen LogP contribution is 2.19. The molecule has 0 unspecified atom stereocenters. The molecule has 1 aromatic rings. The second-order valence-electron chi connectivity index (χ2n) is 2.51. The zero-order valence-electron chi connectivity index (χ0n) is 6.85. The van der Waals surface area contributed by atoms with Crippen LogP contribution >= 0.6 is 23.2 Å². The van der Waals surface area contributed by atoms with Crippen LogP contribution in [-0.4, -0.2) is 5.88 Å². The molecule has 0 bridgehead atoms. The number of halogens is 2. The molecule has 0 N–H and O–H groups in total. The highest BCUT2D eigenvalue weighted by atomic mass is 35.5. The van der Waals surface area contributed by atoms with Gasteiger partial charge in [-0.2, -0.15) is 0 Å². The van der Waals surface area contributed by atoms with Crippen LogP contribution in [0.2, 0.25) is 5.02 Å². The molecule has 1 aromatic carbocycles. The van der Waals surface area contributed by atoms with Gasteiger partial charge < -0.3 is 0 Å². The first-order chi connectivity index (χ1) is 5.75. The van der Waals surface area contributed by atoms with Gasteiger partial charge in [-0.15, -0.1) is 11.6 Å². The Morgan fingerprint density at radius 2 is 2.17 bits per heavy atom. The van der Waals surface area contributed by atoms with Crippen LogP contribution in [0.1, 0.15) is 11.1 Å². The first-order valence-electron chi connectivity index (χ1n) is 3.73. The lowest BCUT2D eigenvalue weighted by Crippen LogP contribution is -1.80. The van der Waals surface area contributed by atoms with E-state index in [2.05, 4.69) is 0 Å². The van der Waals surface area contributed by atoms with E-state index < -0.39 is 0 Å². The van der Waals surface area contributed by atoms with Gasteiger partial charge in [-0.25, -0.2) is 0 Å². The van der Waals surface area contributed by atoms with Crippen LogP contribution in [0.25, 0.3) is 6.08 Å². The van der Waals surface area contributed by atoms with Crippen molar-refractivity contribution >= 4 is 29.3 Å². The summed E-state index contributed by atoms with van der Waals surface area (Å²) in [6.45, 7) is 2.00. The van der Waals surface area contributed by atoms with Crippen LogP contribution in [0.3, 0.4) is 0 Å². The Bertz CT molecular complexity index is 290. The van der Waals surface area contributed by atoms with Crippen LogP contribution in [-0.2, 0) is 0 Å². The maximum atomic E-state index is 5.93. The molecule has 0 heterocycles. The molecule has 0 aliphatic carbocycles. The topological polar surface area (TPSA) is 0 Å². The summed E-state index contributed by atoms with van der Waals surface area (Å²) in [7, 11) is 0. The zero-order valence-corrected chi connectivity index (χ0v) is 8.36. The molecule has 0 aliphatic heterocycles. The third-order valence-corrected chi connectivity index (χ3v) is 2.28. The van der Waals surface area contributed by atoms with Gasteiger partial charge in [0, 0.05) is 10.9 Å². The van der Waals surface area contributed by atoms with Crippen molar-refractivity contribution in [1.29, 1.82) is 0 Å². The van der Waals surface area contributed by atoms with Crippen molar-refractivity contribution in [2.24, 2.45) is 0 Å². The van der Waals surface area contributed by atoms with Crippen LogP contribution < -0.4 is 0 Å². The average molecular weight is 201 g/mol. The smallest absolute Gasteiger partial charge is 0.0441 e. The van der Waals surface area contributed by atoms with Gasteiger partial charge in [0.05, 0.1) is 0 Å². The zero-order chi connectivity index (χ0) is 8.97. The van der Waals surface area contributed by atoms with E-state index in [0.717, 1.165) is 16.1 Å². The molecule has 0 atom stereocenters. The van der Waals surface area contributed by atoms with Gasteiger partial charge in [-0.05, 0) is 24.1 Å². The largest absolute Gasteiger partial charge is 0.122 e. The van der Waals surface area contributed by atoms with Crippen molar-refractivity contribution in [3.05, 3.63) is 40.4 Å². The summed E-state index contributed by atoms with van der Waals surface area (Å²) in [5, 5.41) is 0.798. The maximum absolute atomic E-state index is 5.93. The first kappa shape index (κ1) is 9.63. The molecule has 0 amide bonds. The van der Waals surface area contributed by atoms with E-state index in [1.807, 2.05) is 37.3 Å². The van der Waals surface area contributed by atoms with Crippen LogP contribution in [0.15, 0.2) is 24.3 Å². The van der Waals surface area contributed by atoms with Gasteiger partial charge in [-0.3, -0.25) is 0 Å². The molecular weight excluding hydrogens is 191 g/mol. The highest BCUT2D eigenvalue weighted by Gasteiger charge is 1.96. The Hall–Kier alpha value is -0.460. The van der Waals surface area contributed by atoms with E-state index in [-0.39, 0.29) is 0 Å². The molecule has 0 fully saturated rings. The van der Waals surface area contributed by atoms with Gasteiger partial charge in [0.2, 0.25) is 0 Å². The lowest BCUT2D eigenvalue weighted by Gasteiger charge is -2.01. The predicted molar refractivity (Wildman–Crippen MR) is 55.9 cm³/mol. The van der Waals surface area contributed by atoms with Crippen LogP contribution in [0.5, 0.6) is 0 Å². The van der Waals surface area contributed by atoms with Crippen LogP contribution in [0.4, 0.5) is 0 Å². The van der Waals surface area contributed by atoms with E-state index in [1.54, 1.807) is 0 Å². The number of hydrogen-bond donors (Lipinski definition) is 0.